The van der Waals surface area contributed by atoms with Gasteiger partial charge in [0.05, 0.1) is 17.4 Å². The van der Waals surface area contributed by atoms with Crippen LogP contribution in [-0.2, 0) is 16.5 Å². The van der Waals surface area contributed by atoms with Gasteiger partial charge >= 0.3 is 0 Å². The van der Waals surface area contributed by atoms with Crippen molar-refractivity contribution >= 4 is 16.1 Å². The molecule has 0 radical (unpaired) electrons. The van der Waals surface area contributed by atoms with E-state index in [4.69, 9.17) is 0 Å². The maximum absolute atomic E-state index is 11.3. The van der Waals surface area contributed by atoms with Crippen molar-refractivity contribution in [3.8, 4) is 0 Å². The van der Waals surface area contributed by atoms with E-state index in [1.165, 1.54) is 57.4 Å². The van der Waals surface area contributed by atoms with Gasteiger partial charge in [-0.2, -0.15) is 8.42 Å². The smallest absolute Gasteiger partial charge is 0.294 e. The van der Waals surface area contributed by atoms with Crippen molar-refractivity contribution in [2.24, 2.45) is 9.98 Å². The van der Waals surface area contributed by atoms with Crippen LogP contribution in [0.5, 0.6) is 0 Å². The van der Waals surface area contributed by atoms with Crippen LogP contribution in [0.25, 0.3) is 0 Å². The van der Waals surface area contributed by atoms with E-state index in [0.717, 1.165) is 44.5 Å². The van der Waals surface area contributed by atoms with Crippen molar-refractivity contribution < 1.29 is 13.0 Å². The van der Waals surface area contributed by atoms with Crippen LogP contribution in [-0.4, -0.2) is 57.6 Å². The molecule has 0 atom stereocenters. The second-order valence-corrected chi connectivity index (χ2v) is 10.0. The van der Waals surface area contributed by atoms with E-state index < -0.39 is 10.1 Å². The van der Waals surface area contributed by atoms with Crippen LogP contribution >= 0.6 is 0 Å². The number of hydrogen-bond acceptors (Lipinski definition) is 5. The molecule has 33 heavy (non-hydrogen) atoms. The third-order valence-electron chi connectivity index (χ3n) is 5.22. The highest BCUT2D eigenvalue weighted by atomic mass is 32.2. The highest BCUT2D eigenvalue weighted by molar-refractivity contribution is 7.85. The molecule has 0 heterocycles. The third kappa shape index (κ3) is 19.6. The SMILES string of the molecule is CCCCCCCCCCCCc1ccccc1S(=O)(=O)O.CCN=C=NCCCN(C)C. The maximum Gasteiger partial charge on any atom is 0.294 e. The molecule has 0 amide bonds. The molecule has 0 aromatic heterocycles. The van der Waals surface area contributed by atoms with Crippen LogP contribution < -0.4 is 0 Å². The fourth-order valence-corrected chi connectivity index (χ4v) is 4.15. The van der Waals surface area contributed by atoms with Crippen molar-refractivity contribution in [3.05, 3.63) is 29.8 Å². The van der Waals surface area contributed by atoms with E-state index in [0.29, 0.717) is 6.42 Å². The lowest BCUT2D eigenvalue weighted by Crippen LogP contribution is -2.13. The van der Waals surface area contributed by atoms with Gasteiger partial charge in [0.1, 0.15) is 0 Å². The molecule has 6 nitrogen and oxygen atoms in total. The van der Waals surface area contributed by atoms with Crippen molar-refractivity contribution in [1.82, 2.24) is 4.90 Å². The Hall–Kier alpha value is -1.53. The summed E-state index contributed by atoms with van der Waals surface area (Å²) in [7, 11) is 0.0228. The summed E-state index contributed by atoms with van der Waals surface area (Å²) in [4.78, 5) is 10.1. The van der Waals surface area contributed by atoms with E-state index >= 15 is 0 Å². The molecule has 7 heteroatoms. The van der Waals surface area contributed by atoms with E-state index in [2.05, 4.69) is 41.9 Å². The first-order valence-corrected chi connectivity index (χ1v) is 14.0. The molecule has 1 aromatic carbocycles. The minimum Gasteiger partial charge on any atom is -0.309 e. The molecule has 0 aliphatic rings. The summed E-state index contributed by atoms with van der Waals surface area (Å²) in [5, 5.41) is 0. The van der Waals surface area contributed by atoms with E-state index in [1.54, 1.807) is 12.1 Å². The first-order valence-electron chi connectivity index (χ1n) is 12.6. The van der Waals surface area contributed by atoms with E-state index in [9.17, 15) is 13.0 Å². The zero-order valence-electron chi connectivity index (χ0n) is 21.4. The van der Waals surface area contributed by atoms with Crippen molar-refractivity contribution in [3.63, 3.8) is 0 Å². The molecule has 0 saturated carbocycles. The zero-order valence-corrected chi connectivity index (χ0v) is 22.2. The van der Waals surface area contributed by atoms with Gasteiger partial charge in [-0.1, -0.05) is 82.9 Å². The van der Waals surface area contributed by atoms with Crippen LogP contribution in [0, 0.1) is 0 Å². The molecule has 0 aliphatic heterocycles. The van der Waals surface area contributed by atoms with Gasteiger partial charge in [0, 0.05) is 6.54 Å². The second-order valence-electron chi connectivity index (χ2n) is 8.63. The van der Waals surface area contributed by atoms with Gasteiger partial charge in [-0.05, 0) is 58.5 Å². The van der Waals surface area contributed by atoms with Crippen LogP contribution in [0.3, 0.4) is 0 Å². The molecular weight excluding hydrogens is 434 g/mol. The summed E-state index contributed by atoms with van der Waals surface area (Å²) in [6.07, 6.45) is 14.4. The Balaban J connectivity index is 0.000000785. The monoisotopic (exact) mass is 481 g/mol. The van der Waals surface area contributed by atoms with Gasteiger partial charge in [-0.3, -0.25) is 4.55 Å². The lowest BCUT2D eigenvalue weighted by Gasteiger charge is -2.07. The Morgan fingerprint density at radius 2 is 1.42 bits per heavy atom. The van der Waals surface area contributed by atoms with Crippen molar-refractivity contribution in [2.45, 2.75) is 95.8 Å². The average molecular weight is 482 g/mol. The summed E-state index contributed by atoms with van der Waals surface area (Å²) >= 11 is 0. The first kappa shape index (κ1) is 31.5. The summed E-state index contributed by atoms with van der Waals surface area (Å²) in [6.45, 7) is 6.90. The lowest BCUT2D eigenvalue weighted by molar-refractivity contribution is 0.403. The molecule has 0 aliphatic carbocycles. The van der Waals surface area contributed by atoms with Gasteiger partial charge in [0.15, 0.2) is 0 Å². The normalized spacial score (nSPS) is 11.0. The predicted octanol–water partition coefficient (Wildman–Crippen LogP) is 6.53. The Morgan fingerprint density at radius 3 is 1.97 bits per heavy atom. The first-order chi connectivity index (χ1) is 15.8. The quantitative estimate of drug-likeness (QED) is 0.156. The number of rotatable bonds is 17. The average Bonchev–Trinajstić information content (AvgIpc) is 2.77. The molecule has 0 spiro atoms. The zero-order chi connectivity index (χ0) is 24.8. The highest BCUT2D eigenvalue weighted by Crippen LogP contribution is 2.18. The minimum absolute atomic E-state index is 0.0610. The standard InChI is InChI=1S/C18H30O3S.C8H17N3/c1-2-3-4-5-6-7-8-9-10-11-14-17-15-12-13-16-18(17)22(19,20)21;1-4-9-8-10-6-5-7-11(2)3/h12-13,15-16H,2-11,14H2,1H3,(H,19,20,21);4-7H2,1-3H3. The Labute approximate surface area is 203 Å². The molecule has 1 rings (SSSR count). The predicted molar refractivity (Wildman–Crippen MR) is 140 cm³/mol. The Kier molecular flexibility index (Phi) is 20.1. The summed E-state index contributed by atoms with van der Waals surface area (Å²) in [5.74, 6) is 0. The molecule has 1 aromatic rings. The van der Waals surface area contributed by atoms with Gasteiger partial charge in [-0.25, -0.2) is 9.98 Å². The number of unbranched alkanes of at least 4 members (excludes halogenated alkanes) is 9. The van der Waals surface area contributed by atoms with Gasteiger partial charge in [-0.15, -0.1) is 0 Å². The Morgan fingerprint density at radius 1 is 0.848 bits per heavy atom. The summed E-state index contributed by atoms with van der Waals surface area (Å²) in [6, 6.07) is 9.37. The molecule has 0 fully saturated rings. The maximum atomic E-state index is 11.3. The van der Waals surface area contributed by atoms with Crippen molar-refractivity contribution in [2.75, 3.05) is 33.7 Å². The largest absolute Gasteiger partial charge is 0.309 e. The summed E-state index contributed by atoms with van der Waals surface area (Å²) in [5.41, 5.74) is 0.726. The van der Waals surface area contributed by atoms with Crippen LogP contribution in [0.1, 0.15) is 90.0 Å². The van der Waals surface area contributed by atoms with Crippen molar-refractivity contribution in [1.29, 1.82) is 0 Å². The van der Waals surface area contributed by atoms with Crippen LogP contribution in [0.15, 0.2) is 39.1 Å². The van der Waals surface area contributed by atoms with Gasteiger partial charge < -0.3 is 4.90 Å². The topological polar surface area (TPSA) is 82.3 Å². The minimum atomic E-state index is -4.10. The molecule has 1 N–H and O–H groups in total. The molecule has 190 valence electrons. The fraction of sp³-hybridized carbons (Fsp3) is 0.731. The lowest BCUT2D eigenvalue weighted by atomic mass is 10.0. The number of benzene rings is 1. The van der Waals surface area contributed by atoms with Gasteiger partial charge in [0.2, 0.25) is 0 Å². The Bertz CT molecular complexity index is 758. The second kappa shape index (κ2) is 21.0. The number of aliphatic imine (C=N–C) groups is 2. The molecule has 0 unspecified atom stereocenters. The molecular formula is C26H47N3O3S. The van der Waals surface area contributed by atoms with Crippen LogP contribution in [0.2, 0.25) is 0 Å². The van der Waals surface area contributed by atoms with Crippen LogP contribution in [0.4, 0.5) is 0 Å². The molecule has 0 saturated heterocycles. The highest BCUT2D eigenvalue weighted by Gasteiger charge is 2.13. The molecule has 0 bridgehead atoms. The fourth-order valence-electron chi connectivity index (χ4n) is 3.40. The summed E-state index contributed by atoms with van der Waals surface area (Å²) < 4.78 is 31.8. The van der Waals surface area contributed by atoms with E-state index in [-0.39, 0.29) is 4.90 Å². The number of nitrogens with zero attached hydrogens (tertiary/aromatic N) is 3. The number of aryl methyl sites for hydroxylation is 1. The third-order valence-corrected chi connectivity index (χ3v) is 6.18. The van der Waals surface area contributed by atoms with Gasteiger partial charge in [0.25, 0.3) is 10.1 Å². The van der Waals surface area contributed by atoms with E-state index in [1.807, 2.05) is 13.0 Å². The number of hydrogen-bond donors (Lipinski definition) is 1.